The number of thioether (sulfide) groups is 1. The van der Waals surface area contributed by atoms with Crippen LogP contribution in [0.4, 0.5) is 0 Å². The third-order valence-corrected chi connectivity index (χ3v) is 5.11. The van der Waals surface area contributed by atoms with Crippen molar-refractivity contribution >= 4 is 17.7 Å². The molecule has 4 nitrogen and oxygen atoms in total. The lowest BCUT2D eigenvalue weighted by atomic mass is 9.99. The highest BCUT2D eigenvalue weighted by Gasteiger charge is 2.24. The van der Waals surface area contributed by atoms with Gasteiger partial charge in [-0.15, -0.1) is 0 Å². The summed E-state index contributed by atoms with van der Waals surface area (Å²) in [4.78, 5) is 14.3. The second-order valence-corrected chi connectivity index (χ2v) is 6.60. The van der Waals surface area contributed by atoms with Gasteiger partial charge in [-0.3, -0.25) is 4.79 Å². The smallest absolute Gasteiger partial charge is 0.224 e. The molecule has 2 N–H and O–H groups in total. The molecule has 1 saturated heterocycles. The number of nitrogens with one attached hydrogen (secondary N) is 1. The first-order chi connectivity index (χ1) is 9.72. The molecule has 0 spiro atoms. The maximum absolute atomic E-state index is 12.4. The summed E-state index contributed by atoms with van der Waals surface area (Å²) in [5.41, 5.74) is 2.33. The van der Waals surface area contributed by atoms with Crippen LogP contribution in [-0.2, 0) is 17.8 Å². The number of aromatic hydroxyl groups is 1. The molecule has 0 radical (unpaired) electrons. The van der Waals surface area contributed by atoms with Crippen LogP contribution in [-0.4, -0.2) is 46.6 Å². The Bertz CT molecular complexity index is 501. The first-order valence-electron chi connectivity index (χ1n) is 7.12. The summed E-state index contributed by atoms with van der Waals surface area (Å²) in [5.74, 6) is 2.67. The minimum absolute atomic E-state index is 0.221. The van der Waals surface area contributed by atoms with Crippen molar-refractivity contribution in [3.63, 3.8) is 0 Å². The van der Waals surface area contributed by atoms with Crippen molar-refractivity contribution in [1.82, 2.24) is 10.2 Å². The molecule has 2 aliphatic rings. The second kappa shape index (κ2) is 6.06. The van der Waals surface area contributed by atoms with Gasteiger partial charge in [0.05, 0.1) is 0 Å². The molecule has 1 aromatic rings. The molecule has 1 fully saturated rings. The lowest BCUT2D eigenvalue weighted by molar-refractivity contribution is -0.132. The Labute approximate surface area is 123 Å². The van der Waals surface area contributed by atoms with Crippen molar-refractivity contribution in [2.75, 3.05) is 24.6 Å². The van der Waals surface area contributed by atoms with E-state index in [1.54, 1.807) is 12.1 Å². The molecule has 0 aliphatic carbocycles. The van der Waals surface area contributed by atoms with Crippen molar-refractivity contribution in [2.45, 2.75) is 25.4 Å². The number of benzene rings is 1. The fraction of sp³-hybridized carbons (Fsp3) is 0.533. The fourth-order valence-electron chi connectivity index (χ4n) is 2.85. The molecular formula is C15H20N2O2S. The highest BCUT2D eigenvalue weighted by Crippen LogP contribution is 2.24. The standard InChI is InChI=1S/C15H20N2O2S/c18-14-2-1-11-3-5-17(9-12(11)7-14)15(19)8-13-10-20-6-4-16-13/h1-2,7,13,16,18H,3-6,8-10H2. The summed E-state index contributed by atoms with van der Waals surface area (Å²) in [7, 11) is 0. The zero-order chi connectivity index (χ0) is 13.9. The van der Waals surface area contributed by atoms with E-state index in [1.165, 1.54) is 5.56 Å². The molecule has 1 amide bonds. The number of carbonyl (C=O) groups excluding carboxylic acids is 1. The van der Waals surface area contributed by atoms with Gasteiger partial charge in [0.1, 0.15) is 5.75 Å². The molecule has 0 saturated carbocycles. The van der Waals surface area contributed by atoms with E-state index in [0.29, 0.717) is 19.0 Å². The number of hydrogen-bond acceptors (Lipinski definition) is 4. The molecule has 1 aromatic carbocycles. The van der Waals surface area contributed by atoms with Crippen molar-refractivity contribution < 1.29 is 9.90 Å². The Morgan fingerprint density at radius 1 is 1.45 bits per heavy atom. The maximum atomic E-state index is 12.4. The van der Waals surface area contributed by atoms with E-state index < -0.39 is 0 Å². The molecule has 2 aliphatic heterocycles. The van der Waals surface area contributed by atoms with Crippen LogP contribution < -0.4 is 5.32 Å². The van der Waals surface area contributed by atoms with Crippen LogP contribution in [0.1, 0.15) is 17.5 Å². The summed E-state index contributed by atoms with van der Waals surface area (Å²) >= 11 is 1.92. The predicted octanol–water partition coefficient (Wildman–Crippen LogP) is 1.37. The van der Waals surface area contributed by atoms with Gasteiger partial charge in [0, 0.05) is 43.6 Å². The Morgan fingerprint density at radius 3 is 3.15 bits per heavy atom. The normalized spacial score (nSPS) is 22.4. The number of rotatable bonds is 2. The molecule has 20 heavy (non-hydrogen) atoms. The molecular weight excluding hydrogens is 272 g/mol. The van der Waals surface area contributed by atoms with Gasteiger partial charge in [-0.25, -0.2) is 0 Å². The maximum Gasteiger partial charge on any atom is 0.224 e. The molecule has 108 valence electrons. The topological polar surface area (TPSA) is 52.6 Å². The zero-order valence-electron chi connectivity index (χ0n) is 11.5. The van der Waals surface area contributed by atoms with E-state index in [-0.39, 0.29) is 11.7 Å². The molecule has 0 aromatic heterocycles. The number of hydrogen-bond donors (Lipinski definition) is 2. The largest absolute Gasteiger partial charge is 0.508 e. The van der Waals surface area contributed by atoms with E-state index in [1.807, 2.05) is 22.7 Å². The average Bonchev–Trinajstić information content (AvgIpc) is 2.47. The third kappa shape index (κ3) is 3.10. The molecule has 0 bridgehead atoms. The fourth-order valence-corrected chi connectivity index (χ4v) is 3.80. The van der Waals surface area contributed by atoms with Gasteiger partial charge >= 0.3 is 0 Å². The molecule has 3 rings (SSSR count). The van der Waals surface area contributed by atoms with Crippen molar-refractivity contribution in [1.29, 1.82) is 0 Å². The molecule has 1 unspecified atom stereocenters. The Kier molecular flexibility index (Phi) is 4.17. The van der Waals surface area contributed by atoms with E-state index in [9.17, 15) is 9.90 Å². The van der Waals surface area contributed by atoms with Gasteiger partial charge < -0.3 is 15.3 Å². The lowest BCUT2D eigenvalue weighted by Crippen LogP contribution is -2.43. The van der Waals surface area contributed by atoms with E-state index >= 15 is 0 Å². The third-order valence-electron chi connectivity index (χ3n) is 3.97. The number of amides is 1. The number of phenolic OH excluding ortho intramolecular Hbond substituents is 1. The SMILES string of the molecule is O=C(CC1CSCCN1)N1CCc2ccc(O)cc2C1. The Morgan fingerprint density at radius 2 is 2.35 bits per heavy atom. The van der Waals surface area contributed by atoms with Crippen LogP contribution in [0.15, 0.2) is 18.2 Å². The number of carbonyl (C=O) groups is 1. The van der Waals surface area contributed by atoms with Crippen LogP contribution in [0.25, 0.3) is 0 Å². The van der Waals surface area contributed by atoms with Crippen LogP contribution in [0.5, 0.6) is 5.75 Å². The number of nitrogens with zero attached hydrogens (tertiary/aromatic N) is 1. The Balaban J connectivity index is 1.62. The number of phenols is 1. The highest BCUT2D eigenvalue weighted by atomic mass is 32.2. The predicted molar refractivity (Wildman–Crippen MR) is 81.0 cm³/mol. The van der Waals surface area contributed by atoms with Crippen molar-refractivity contribution in [3.8, 4) is 5.75 Å². The minimum Gasteiger partial charge on any atom is -0.508 e. The lowest BCUT2D eigenvalue weighted by Gasteiger charge is -2.31. The van der Waals surface area contributed by atoms with Crippen LogP contribution in [0, 0.1) is 0 Å². The van der Waals surface area contributed by atoms with E-state index in [4.69, 9.17) is 0 Å². The van der Waals surface area contributed by atoms with Crippen LogP contribution in [0.3, 0.4) is 0 Å². The van der Waals surface area contributed by atoms with Gasteiger partial charge in [0.25, 0.3) is 0 Å². The van der Waals surface area contributed by atoms with Crippen molar-refractivity contribution in [2.24, 2.45) is 0 Å². The van der Waals surface area contributed by atoms with E-state index in [0.717, 1.165) is 36.6 Å². The first-order valence-corrected chi connectivity index (χ1v) is 8.27. The van der Waals surface area contributed by atoms with Gasteiger partial charge in [-0.1, -0.05) is 6.07 Å². The molecule has 5 heteroatoms. The summed E-state index contributed by atoms with van der Waals surface area (Å²) in [5, 5.41) is 13.0. The summed E-state index contributed by atoms with van der Waals surface area (Å²) < 4.78 is 0. The van der Waals surface area contributed by atoms with Crippen molar-refractivity contribution in [3.05, 3.63) is 29.3 Å². The quantitative estimate of drug-likeness (QED) is 0.864. The zero-order valence-corrected chi connectivity index (χ0v) is 12.3. The number of fused-ring (bicyclic) bond motifs is 1. The highest BCUT2D eigenvalue weighted by molar-refractivity contribution is 7.99. The summed E-state index contributed by atoms with van der Waals surface area (Å²) in [6, 6.07) is 5.78. The summed E-state index contributed by atoms with van der Waals surface area (Å²) in [6.07, 6.45) is 1.47. The van der Waals surface area contributed by atoms with Gasteiger partial charge in [-0.05, 0) is 29.7 Å². The molecule has 1 atom stereocenters. The minimum atomic E-state index is 0.221. The monoisotopic (exact) mass is 292 g/mol. The molecule has 2 heterocycles. The first kappa shape index (κ1) is 13.8. The van der Waals surface area contributed by atoms with Gasteiger partial charge in [0.2, 0.25) is 5.91 Å². The van der Waals surface area contributed by atoms with E-state index in [2.05, 4.69) is 5.32 Å². The van der Waals surface area contributed by atoms with Gasteiger partial charge in [0.15, 0.2) is 0 Å². The van der Waals surface area contributed by atoms with Crippen LogP contribution in [0.2, 0.25) is 0 Å². The summed E-state index contributed by atoms with van der Waals surface area (Å²) in [6.45, 7) is 2.41. The van der Waals surface area contributed by atoms with Crippen LogP contribution >= 0.6 is 11.8 Å². The van der Waals surface area contributed by atoms with Gasteiger partial charge in [-0.2, -0.15) is 11.8 Å². The Hall–Kier alpha value is -1.20. The second-order valence-electron chi connectivity index (χ2n) is 5.45. The average molecular weight is 292 g/mol.